The van der Waals surface area contributed by atoms with Gasteiger partial charge in [0, 0.05) is 0 Å². The summed E-state index contributed by atoms with van der Waals surface area (Å²) < 4.78 is 0. The molecule has 0 bridgehead atoms. The summed E-state index contributed by atoms with van der Waals surface area (Å²) in [5, 5.41) is 0. The Labute approximate surface area is 265 Å². The van der Waals surface area contributed by atoms with E-state index in [0.29, 0.717) is 0 Å². The van der Waals surface area contributed by atoms with E-state index in [1.165, 1.54) is 75.3 Å². The Hall–Kier alpha value is -2.74. The fourth-order valence-corrected chi connectivity index (χ4v) is 5.39. The first-order valence-electron chi connectivity index (χ1n) is 17.8. The molecular weight excluding hydrogens is 520 g/mol. The molecule has 0 radical (unpaired) electrons. The fourth-order valence-electron chi connectivity index (χ4n) is 5.39. The van der Waals surface area contributed by atoms with Crippen LogP contribution in [0.3, 0.4) is 0 Å². The van der Waals surface area contributed by atoms with Crippen LogP contribution in [-0.2, 0) is 12.8 Å². The number of benzene rings is 2. The Morgan fingerprint density at radius 1 is 0.512 bits per heavy atom. The Morgan fingerprint density at radius 2 is 0.953 bits per heavy atom. The molecule has 0 saturated heterocycles. The van der Waals surface area contributed by atoms with Crippen molar-refractivity contribution in [2.24, 2.45) is 9.98 Å². The van der Waals surface area contributed by atoms with E-state index in [2.05, 4.69) is 101 Å². The van der Waals surface area contributed by atoms with Crippen LogP contribution in [0.2, 0.25) is 0 Å². The SMILES string of the molecule is CCCCCCC=CCCCc1ccccc1N=C(C)C(CCCC)=Nc1ccccc1CCCC=CCCCCCC. The number of allylic oxidation sites excluding steroid dienone is 4. The number of para-hydroxylation sites is 2. The van der Waals surface area contributed by atoms with Gasteiger partial charge in [0.15, 0.2) is 0 Å². The lowest BCUT2D eigenvalue weighted by molar-refractivity contribution is 0.673. The Morgan fingerprint density at radius 3 is 1.44 bits per heavy atom. The van der Waals surface area contributed by atoms with Gasteiger partial charge in [-0.15, -0.1) is 0 Å². The van der Waals surface area contributed by atoms with Crippen LogP contribution in [0.5, 0.6) is 0 Å². The molecule has 0 atom stereocenters. The number of rotatable bonds is 24. The first-order valence-corrected chi connectivity index (χ1v) is 17.8. The molecule has 0 unspecified atom stereocenters. The maximum absolute atomic E-state index is 5.26. The minimum atomic E-state index is 0.964. The van der Waals surface area contributed by atoms with Crippen molar-refractivity contribution in [3.63, 3.8) is 0 Å². The van der Waals surface area contributed by atoms with Crippen molar-refractivity contribution in [3.8, 4) is 0 Å². The van der Waals surface area contributed by atoms with Crippen LogP contribution < -0.4 is 0 Å². The van der Waals surface area contributed by atoms with E-state index in [0.717, 1.165) is 80.6 Å². The van der Waals surface area contributed by atoms with Gasteiger partial charge < -0.3 is 0 Å². The van der Waals surface area contributed by atoms with Gasteiger partial charge in [0.25, 0.3) is 0 Å². The van der Waals surface area contributed by atoms with E-state index in [1.54, 1.807) is 0 Å². The number of aliphatic imine (C=N–C) groups is 2. The second kappa shape index (κ2) is 24.7. The zero-order chi connectivity index (χ0) is 30.8. The number of unbranched alkanes of at least 4 members (excludes halogenated alkanes) is 11. The van der Waals surface area contributed by atoms with Crippen LogP contribution in [0.4, 0.5) is 11.4 Å². The Bertz CT molecular complexity index is 1100. The van der Waals surface area contributed by atoms with Crippen molar-refractivity contribution >= 4 is 22.8 Å². The molecule has 2 aromatic rings. The lowest BCUT2D eigenvalue weighted by atomic mass is 10.0. The van der Waals surface area contributed by atoms with Gasteiger partial charge in [0.1, 0.15) is 0 Å². The van der Waals surface area contributed by atoms with Crippen LogP contribution in [-0.4, -0.2) is 11.4 Å². The second-order valence-corrected chi connectivity index (χ2v) is 12.0. The predicted molar refractivity (Wildman–Crippen MR) is 194 cm³/mol. The topological polar surface area (TPSA) is 24.7 Å². The molecule has 0 heterocycles. The number of aryl methyl sites for hydroxylation is 2. The summed E-state index contributed by atoms with van der Waals surface area (Å²) in [5.74, 6) is 0. The summed E-state index contributed by atoms with van der Waals surface area (Å²) in [7, 11) is 0. The highest BCUT2D eigenvalue weighted by molar-refractivity contribution is 6.42. The average Bonchev–Trinajstić information content (AvgIpc) is 3.02. The normalized spacial score (nSPS) is 12.7. The van der Waals surface area contributed by atoms with Crippen LogP contribution in [0.15, 0.2) is 82.8 Å². The highest BCUT2D eigenvalue weighted by Crippen LogP contribution is 2.25. The molecule has 2 heteroatoms. The van der Waals surface area contributed by atoms with E-state index in [4.69, 9.17) is 9.98 Å². The summed E-state index contributed by atoms with van der Waals surface area (Å²) in [6.45, 7) is 8.95. The fraction of sp³-hybridized carbons (Fsp3) is 0.561. The second-order valence-electron chi connectivity index (χ2n) is 12.0. The molecule has 2 nitrogen and oxygen atoms in total. The monoisotopic (exact) mass is 582 g/mol. The van der Waals surface area contributed by atoms with E-state index in [1.807, 2.05) is 0 Å². The number of nitrogens with zero attached hydrogens (tertiary/aromatic N) is 2. The molecule has 43 heavy (non-hydrogen) atoms. The molecule has 0 spiro atoms. The summed E-state index contributed by atoms with van der Waals surface area (Å²) in [6.07, 6.45) is 32.6. The first kappa shape index (κ1) is 36.5. The minimum absolute atomic E-state index is 0.964. The Balaban J connectivity index is 2.04. The molecule has 0 aromatic heterocycles. The van der Waals surface area contributed by atoms with Gasteiger partial charge in [-0.3, -0.25) is 9.98 Å². The maximum atomic E-state index is 5.26. The third-order valence-corrected chi connectivity index (χ3v) is 8.13. The third-order valence-electron chi connectivity index (χ3n) is 8.13. The molecule has 0 aliphatic carbocycles. The average molecular weight is 583 g/mol. The van der Waals surface area contributed by atoms with Crippen molar-refractivity contribution < 1.29 is 0 Å². The number of hydrogen-bond donors (Lipinski definition) is 0. The van der Waals surface area contributed by atoms with E-state index in [-0.39, 0.29) is 0 Å². The highest BCUT2D eigenvalue weighted by atomic mass is 14.8. The van der Waals surface area contributed by atoms with E-state index in [9.17, 15) is 0 Å². The van der Waals surface area contributed by atoms with Gasteiger partial charge in [-0.2, -0.15) is 0 Å². The third kappa shape index (κ3) is 16.6. The van der Waals surface area contributed by atoms with Gasteiger partial charge in [0.2, 0.25) is 0 Å². The van der Waals surface area contributed by atoms with Crippen molar-refractivity contribution in [3.05, 3.63) is 84.0 Å². The molecule has 2 rings (SSSR count). The quantitative estimate of drug-likeness (QED) is 0.0668. The number of hydrogen-bond acceptors (Lipinski definition) is 2. The first-order chi connectivity index (χ1) is 21.2. The van der Waals surface area contributed by atoms with Crippen molar-refractivity contribution in [1.82, 2.24) is 0 Å². The van der Waals surface area contributed by atoms with Crippen LogP contribution in [0.1, 0.15) is 148 Å². The lowest BCUT2D eigenvalue weighted by Gasteiger charge is -2.11. The molecule has 0 aliphatic heterocycles. The van der Waals surface area contributed by atoms with Crippen molar-refractivity contribution in [2.75, 3.05) is 0 Å². The van der Waals surface area contributed by atoms with Crippen LogP contribution in [0, 0.1) is 0 Å². The molecule has 0 aliphatic rings. The largest absolute Gasteiger partial charge is 0.252 e. The standard InChI is InChI=1S/C41H62N2/c1-5-8-11-13-15-17-19-21-23-29-37-31-25-27-34-40(37)42-36(4)39(33-10-7-3)43-41-35-28-26-32-38(41)30-24-22-20-18-16-14-12-9-6-2/h17-20,25-28,31-32,34-35H,5-16,21-24,29-30,33H2,1-4H3. The molecule has 0 N–H and O–H groups in total. The van der Waals surface area contributed by atoms with Crippen LogP contribution in [0.25, 0.3) is 0 Å². The van der Waals surface area contributed by atoms with Crippen LogP contribution >= 0.6 is 0 Å². The molecule has 0 fully saturated rings. The van der Waals surface area contributed by atoms with Gasteiger partial charge in [-0.05, 0) is 107 Å². The summed E-state index contributed by atoms with van der Waals surface area (Å²) >= 11 is 0. The molecule has 236 valence electrons. The lowest BCUT2D eigenvalue weighted by Crippen LogP contribution is -2.10. The van der Waals surface area contributed by atoms with Gasteiger partial charge >= 0.3 is 0 Å². The van der Waals surface area contributed by atoms with Gasteiger partial charge in [0.05, 0.1) is 22.8 Å². The summed E-state index contributed by atoms with van der Waals surface area (Å²) in [6, 6.07) is 17.4. The maximum Gasteiger partial charge on any atom is 0.0665 e. The predicted octanol–water partition coefficient (Wildman–Crippen LogP) is 13.4. The smallest absolute Gasteiger partial charge is 0.0665 e. The van der Waals surface area contributed by atoms with E-state index < -0.39 is 0 Å². The molecular formula is C41H62N2. The van der Waals surface area contributed by atoms with Crippen molar-refractivity contribution in [1.29, 1.82) is 0 Å². The Kier molecular flexibility index (Phi) is 20.9. The highest BCUT2D eigenvalue weighted by Gasteiger charge is 2.09. The molecule has 0 saturated carbocycles. The van der Waals surface area contributed by atoms with Crippen molar-refractivity contribution in [2.45, 2.75) is 150 Å². The van der Waals surface area contributed by atoms with Gasteiger partial charge in [-0.25, -0.2) is 0 Å². The summed E-state index contributed by atoms with van der Waals surface area (Å²) in [4.78, 5) is 10.4. The van der Waals surface area contributed by atoms with Gasteiger partial charge in [-0.1, -0.05) is 126 Å². The molecule has 2 aromatic carbocycles. The zero-order valence-electron chi connectivity index (χ0n) is 28.3. The summed E-state index contributed by atoms with van der Waals surface area (Å²) in [5.41, 5.74) is 7.08. The minimum Gasteiger partial charge on any atom is -0.252 e. The van der Waals surface area contributed by atoms with E-state index >= 15 is 0 Å². The zero-order valence-corrected chi connectivity index (χ0v) is 28.3. The molecule has 0 amide bonds.